The van der Waals surface area contributed by atoms with Crippen molar-refractivity contribution in [3.63, 3.8) is 0 Å². The molecule has 3 heteroatoms. The Bertz CT molecular complexity index is 171. The van der Waals surface area contributed by atoms with Crippen molar-refractivity contribution >= 4 is 11.8 Å². The van der Waals surface area contributed by atoms with Gasteiger partial charge >= 0.3 is 0 Å². The molecule has 0 heterocycles. The van der Waals surface area contributed by atoms with Gasteiger partial charge < -0.3 is 10.4 Å². The van der Waals surface area contributed by atoms with Crippen LogP contribution in [0.3, 0.4) is 0 Å². The predicted octanol–water partition coefficient (Wildman–Crippen LogP) is 2.27. The summed E-state index contributed by atoms with van der Waals surface area (Å²) in [7, 11) is 0. The van der Waals surface area contributed by atoms with Crippen LogP contribution in [0, 0.1) is 5.92 Å². The molecule has 0 aromatic carbocycles. The molecule has 0 bridgehead atoms. The number of aliphatic hydroxyl groups excluding tert-OH is 1. The van der Waals surface area contributed by atoms with Gasteiger partial charge in [-0.25, -0.2) is 0 Å². The van der Waals surface area contributed by atoms with Crippen molar-refractivity contribution in [2.24, 2.45) is 5.92 Å². The lowest BCUT2D eigenvalue weighted by Gasteiger charge is -2.21. The molecule has 3 atom stereocenters. The molecular formula is C12H25NOS. The minimum atomic E-state index is -0.193. The van der Waals surface area contributed by atoms with Crippen molar-refractivity contribution in [3.8, 4) is 0 Å². The van der Waals surface area contributed by atoms with Crippen molar-refractivity contribution in [1.82, 2.24) is 5.32 Å². The largest absolute Gasteiger partial charge is 0.392 e. The summed E-state index contributed by atoms with van der Waals surface area (Å²) in [5.41, 5.74) is 0. The molecular weight excluding hydrogens is 206 g/mol. The zero-order valence-corrected chi connectivity index (χ0v) is 11.0. The normalized spacial score (nSPS) is 22.4. The van der Waals surface area contributed by atoms with Gasteiger partial charge in [0.1, 0.15) is 0 Å². The summed E-state index contributed by atoms with van der Waals surface area (Å²) in [6.07, 6.45) is 3.80. The van der Waals surface area contributed by atoms with Crippen LogP contribution >= 0.6 is 11.8 Å². The SMILES string of the molecule is CCCNC(CSC(C)C(C)O)C1CC1. The molecule has 1 fully saturated rings. The molecule has 2 N–H and O–H groups in total. The third kappa shape index (κ3) is 5.23. The average molecular weight is 231 g/mol. The smallest absolute Gasteiger partial charge is 0.0628 e. The molecule has 1 rings (SSSR count). The van der Waals surface area contributed by atoms with Gasteiger partial charge in [-0.1, -0.05) is 13.8 Å². The fourth-order valence-electron chi connectivity index (χ4n) is 1.58. The third-order valence-electron chi connectivity index (χ3n) is 3.07. The highest BCUT2D eigenvalue weighted by molar-refractivity contribution is 7.99. The van der Waals surface area contributed by atoms with Gasteiger partial charge in [-0.3, -0.25) is 0 Å². The van der Waals surface area contributed by atoms with E-state index in [0.717, 1.165) is 18.2 Å². The molecule has 2 nitrogen and oxygen atoms in total. The molecule has 0 radical (unpaired) electrons. The minimum absolute atomic E-state index is 0.193. The van der Waals surface area contributed by atoms with E-state index in [1.165, 1.54) is 19.3 Å². The number of nitrogens with one attached hydrogen (secondary N) is 1. The first kappa shape index (κ1) is 13.3. The first-order valence-electron chi connectivity index (χ1n) is 6.18. The lowest BCUT2D eigenvalue weighted by Crippen LogP contribution is -2.35. The second-order valence-corrected chi connectivity index (χ2v) is 6.09. The van der Waals surface area contributed by atoms with Gasteiger partial charge in [0, 0.05) is 17.0 Å². The van der Waals surface area contributed by atoms with Crippen molar-refractivity contribution in [1.29, 1.82) is 0 Å². The Morgan fingerprint density at radius 2 is 2.07 bits per heavy atom. The van der Waals surface area contributed by atoms with Crippen LogP contribution in [-0.2, 0) is 0 Å². The van der Waals surface area contributed by atoms with Gasteiger partial charge in [0.15, 0.2) is 0 Å². The first-order valence-corrected chi connectivity index (χ1v) is 7.23. The van der Waals surface area contributed by atoms with Crippen LogP contribution in [-0.4, -0.2) is 34.8 Å². The number of hydrogen-bond donors (Lipinski definition) is 2. The molecule has 0 saturated heterocycles. The molecule has 0 spiro atoms. The highest BCUT2D eigenvalue weighted by atomic mass is 32.2. The van der Waals surface area contributed by atoms with Gasteiger partial charge in [-0.2, -0.15) is 11.8 Å². The van der Waals surface area contributed by atoms with Crippen LogP contribution in [0.1, 0.15) is 40.0 Å². The zero-order chi connectivity index (χ0) is 11.3. The Morgan fingerprint density at radius 1 is 1.40 bits per heavy atom. The van der Waals surface area contributed by atoms with Crippen molar-refractivity contribution in [2.45, 2.75) is 57.4 Å². The molecule has 0 aromatic heterocycles. The Hall–Kier alpha value is 0.270. The van der Waals surface area contributed by atoms with E-state index in [1.807, 2.05) is 18.7 Å². The third-order valence-corrected chi connectivity index (χ3v) is 4.54. The molecule has 15 heavy (non-hydrogen) atoms. The predicted molar refractivity (Wildman–Crippen MR) is 68.4 cm³/mol. The number of thioether (sulfide) groups is 1. The van der Waals surface area contributed by atoms with E-state index in [9.17, 15) is 5.11 Å². The van der Waals surface area contributed by atoms with Gasteiger partial charge in [0.25, 0.3) is 0 Å². The maximum atomic E-state index is 9.42. The van der Waals surface area contributed by atoms with E-state index in [0.29, 0.717) is 11.3 Å². The van der Waals surface area contributed by atoms with Crippen LogP contribution in [0.2, 0.25) is 0 Å². The monoisotopic (exact) mass is 231 g/mol. The lowest BCUT2D eigenvalue weighted by molar-refractivity contribution is 0.196. The summed E-state index contributed by atoms with van der Waals surface area (Å²) >= 11 is 1.90. The number of aliphatic hydroxyl groups is 1. The van der Waals surface area contributed by atoms with E-state index in [4.69, 9.17) is 0 Å². The van der Waals surface area contributed by atoms with E-state index in [2.05, 4.69) is 19.2 Å². The maximum Gasteiger partial charge on any atom is 0.0628 e. The van der Waals surface area contributed by atoms with Crippen LogP contribution in [0.5, 0.6) is 0 Å². The van der Waals surface area contributed by atoms with Crippen molar-refractivity contribution in [2.75, 3.05) is 12.3 Å². The minimum Gasteiger partial charge on any atom is -0.392 e. The molecule has 0 amide bonds. The molecule has 90 valence electrons. The topological polar surface area (TPSA) is 32.3 Å². The first-order chi connectivity index (χ1) is 7.15. The Balaban J connectivity index is 2.19. The van der Waals surface area contributed by atoms with Crippen LogP contribution < -0.4 is 5.32 Å². The molecule has 1 aliphatic rings. The van der Waals surface area contributed by atoms with E-state index < -0.39 is 0 Å². The second kappa shape index (κ2) is 6.77. The molecule has 0 aliphatic heterocycles. The van der Waals surface area contributed by atoms with E-state index >= 15 is 0 Å². The summed E-state index contributed by atoms with van der Waals surface area (Å²) in [6, 6.07) is 0.677. The van der Waals surface area contributed by atoms with Crippen molar-refractivity contribution < 1.29 is 5.11 Å². The standard InChI is InChI=1S/C12H25NOS/c1-4-7-13-12(11-5-6-11)8-15-10(3)9(2)14/h9-14H,4-8H2,1-3H3. The maximum absolute atomic E-state index is 9.42. The Labute approximate surface area is 98.2 Å². The summed E-state index contributed by atoms with van der Waals surface area (Å²) in [6.45, 7) is 7.33. The summed E-state index contributed by atoms with van der Waals surface area (Å²) < 4.78 is 0. The second-order valence-electron chi connectivity index (χ2n) is 4.68. The summed E-state index contributed by atoms with van der Waals surface area (Å²) in [4.78, 5) is 0. The Morgan fingerprint density at radius 3 is 2.53 bits per heavy atom. The lowest BCUT2D eigenvalue weighted by atomic mass is 10.2. The van der Waals surface area contributed by atoms with E-state index in [1.54, 1.807) is 0 Å². The summed E-state index contributed by atoms with van der Waals surface area (Å²) in [5.74, 6) is 2.06. The molecule has 3 unspecified atom stereocenters. The highest BCUT2D eigenvalue weighted by Crippen LogP contribution is 2.34. The summed E-state index contributed by atoms with van der Waals surface area (Å²) in [5, 5.41) is 13.4. The van der Waals surface area contributed by atoms with E-state index in [-0.39, 0.29) is 6.10 Å². The quantitative estimate of drug-likeness (QED) is 0.672. The molecule has 0 aromatic rings. The fourth-order valence-corrected chi connectivity index (χ4v) is 2.76. The number of hydrogen-bond acceptors (Lipinski definition) is 3. The zero-order valence-electron chi connectivity index (χ0n) is 10.2. The van der Waals surface area contributed by atoms with Gasteiger partial charge in [0.05, 0.1) is 6.10 Å². The van der Waals surface area contributed by atoms with Gasteiger partial charge in [-0.15, -0.1) is 0 Å². The fraction of sp³-hybridized carbons (Fsp3) is 1.00. The van der Waals surface area contributed by atoms with Crippen LogP contribution in [0.15, 0.2) is 0 Å². The van der Waals surface area contributed by atoms with Crippen molar-refractivity contribution in [3.05, 3.63) is 0 Å². The number of rotatable bonds is 8. The van der Waals surface area contributed by atoms with Gasteiger partial charge in [0.2, 0.25) is 0 Å². The van der Waals surface area contributed by atoms with Crippen LogP contribution in [0.25, 0.3) is 0 Å². The average Bonchev–Trinajstić information content (AvgIpc) is 3.01. The molecule has 1 aliphatic carbocycles. The van der Waals surface area contributed by atoms with Crippen LogP contribution in [0.4, 0.5) is 0 Å². The molecule has 1 saturated carbocycles. The van der Waals surface area contributed by atoms with Gasteiger partial charge in [-0.05, 0) is 38.6 Å². The highest BCUT2D eigenvalue weighted by Gasteiger charge is 2.31. The Kier molecular flexibility index (Phi) is 6.02.